The molecule has 7 heteroatoms. The van der Waals surface area contributed by atoms with Gasteiger partial charge in [-0.3, -0.25) is 14.4 Å². The molecule has 29 heavy (non-hydrogen) atoms. The SMILES string of the molecule is COc1cc2c(cc1OC)CN(C(=O)CC(=O)Nc1cccc(C(C)=O)c1)CC2. The summed E-state index contributed by atoms with van der Waals surface area (Å²) in [6, 6.07) is 10.5. The number of hydrogen-bond acceptors (Lipinski definition) is 5. The number of ketones is 1. The molecule has 0 atom stereocenters. The first kappa shape index (κ1) is 20.4. The largest absolute Gasteiger partial charge is 0.493 e. The van der Waals surface area contributed by atoms with Gasteiger partial charge >= 0.3 is 0 Å². The van der Waals surface area contributed by atoms with Crippen molar-refractivity contribution in [2.45, 2.75) is 26.3 Å². The standard InChI is InChI=1S/C22H24N2O5/c1-14(25)15-5-4-6-18(9-15)23-21(26)12-22(27)24-8-7-16-10-19(28-2)20(29-3)11-17(16)13-24/h4-6,9-11H,7-8,12-13H2,1-3H3,(H,23,26). The molecule has 0 spiro atoms. The van der Waals surface area contributed by atoms with Gasteiger partial charge in [0, 0.05) is 24.3 Å². The number of fused-ring (bicyclic) bond motifs is 1. The van der Waals surface area contributed by atoms with E-state index >= 15 is 0 Å². The number of benzene rings is 2. The predicted molar refractivity (Wildman–Crippen MR) is 108 cm³/mol. The zero-order valence-corrected chi connectivity index (χ0v) is 16.8. The van der Waals surface area contributed by atoms with Crippen LogP contribution in [0.2, 0.25) is 0 Å². The molecule has 1 aliphatic heterocycles. The molecule has 0 saturated heterocycles. The summed E-state index contributed by atoms with van der Waals surface area (Å²) in [6.07, 6.45) is 0.427. The third kappa shape index (κ3) is 4.74. The summed E-state index contributed by atoms with van der Waals surface area (Å²) in [5.41, 5.74) is 3.09. The zero-order chi connectivity index (χ0) is 21.0. The van der Waals surface area contributed by atoms with Gasteiger partial charge in [0.2, 0.25) is 11.8 Å². The van der Waals surface area contributed by atoms with Crippen molar-refractivity contribution in [3.63, 3.8) is 0 Å². The van der Waals surface area contributed by atoms with Gasteiger partial charge in [0.15, 0.2) is 17.3 Å². The molecule has 2 aromatic carbocycles. The number of ether oxygens (including phenoxy) is 2. The fourth-order valence-corrected chi connectivity index (χ4v) is 3.37. The van der Waals surface area contributed by atoms with Crippen LogP contribution in [0.1, 0.15) is 34.8 Å². The summed E-state index contributed by atoms with van der Waals surface area (Å²) in [7, 11) is 3.16. The van der Waals surface area contributed by atoms with E-state index in [2.05, 4.69) is 5.32 Å². The molecule has 0 unspecified atom stereocenters. The summed E-state index contributed by atoms with van der Waals surface area (Å²) >= 11 is 0. The van der Waals surface area contributed by atoms with Crippen LogP contribution in [0.15, 0.2) is 36.4 Å². The van der Waals surface area contributed by atoms with E-state index in [0.29, 0.717) is 42.3 Å². The number of carbonyl (C=O) groups is 3. The Morgan fingerprint density at radius 1 is 1.03 bits per heavy atom. The quantitative estimate of drug-likeness (QED) is 0.600. The molecule has 7 nitrogen and oxygen atoms in total. The Kier molecular flexibility index (Phi) is 6.16. The third-order valence-electron chi connectivity index (χ3n) is 4.94. The van der Waals surface area contributed by atoms with E-state index in [9.17, 15) is 14.4 Å². The lowest BCUT2D eigenvalue weighted by molar-refractivity contribution is -0.135. The highest BCUT2D eigenvalue weighted by molar-refractivity contribution is 6.04. The van der Waals surface area contributed by atoms with E-state index in [1.54, 1.807) is 43.4 Å². The molecule has 2 aromatic rings. The molecule has 0 bridgehead atoms. The Morgan fingerprint density at radius 2 is 1.72 bits per heavy atom. The van der Waals surface area contributed by atoms with Crippen molar-refractivity contribution >= 4 is 23.3 Å². The van der Waals surface area contributed by atoms with Gasteiger partial charge in [-0.1, -0.05) is 12.1 Å². The molecule has 2 amide bonds. The van der Waals surface area contributed by atoms with E-state index in [4.69, 9.17) is 9.47 Å². The first-order valence-electron chi connectivity index (χ1n) is 9.33. The molecular formula is C22H24N2O5. The molecular weight excluding hydrogens is 372 g/mol. The number of hydrogen-bond donors (Lipinski definition) is 1. The monoisotopic (exact) mass is 396 g/mol. The van der Waals surface area contributed by atoms with E-state index in [1.165, 1.54) is 6.92 Å². The third-order valence-corrected chi connectivity index (χ3v) is 4.94. The Morgan fingerprint density at radius 3 is 2.38 bits per heavy atom. The van der Waals surface area contributed by atoms with Crippen molar-refractivity contribution in [1.29, 1.82) is 0 Å². The highest BCUT2D eigenvalue weighted by Crippen LogP contribution is 2.33. The second-order valence-corrected chi connectivity index (χ2v) is 6.90. The number of carbonyl (C=O) groups excluding carboxylic acids is 3. The molecule has 0 aromatic heterocycles. The molecule has 3 rings (SSSR count). The van der Waals surface area contributed by atoms with E-state index in [1.807, 2.05) is 12.1 Å². The van der Waals surface area contributed by atoms with Crippen LogP contribution in [0.3, 0.4) is 0 Å². The first-order chi connectivity index (χ1) is 13.9. The summed E-state index contributed by atoms with van der Waals surface area (Å²) < 4.78 is 10.7. The topological polar surface area (TPSA) is 84.9 Å². The van der Waals surface area contributed by atoms with Crippen LogP contribution >= 0.6 is 0 Å². The molecule has 1 heterocycles. The number of Topliss-reactive ketones (excluding diaryl/α,β-unsaturated/α-hetero) is 1. The van der Waals surface area contributed by atoms with Gasteiger partial charge in [0.05, 0.1) is 14.2 Å². The fourth-order valence-electron chi connectivity index (χ4n) is 3.37. The highest BCUT2D eigenvalue weighted by atomic mass is 16.5. The van der Waals surface area contributed by atoms with Crippen molar-refractivity contribution in [2.75, 3.05) is 26.1 Å². The molecule has 1 N–H and O–H groups in total. The molecule has 0 radical (unpaired) electrons. The van der Waals surface area contributed by atoms with Crippen molar-refractivity contribution in [1.82, 2.24) is 4.90 Å². The van der Waals surface area contributed by atoms with Crippen LogP contribution < -0.4 is 14.8 Å². The van der Waals surface area contributed by atoms with Gasteiger partial charge in [-0.2, -0.15) is 0 Å². The maximum absolute atomic E-state index is 12.6. The Balaban J connectivity index is 1.64. The Hall–Kier alpha value is -3.35. The van der Waals surface area contributed by atoms with Gasteiger partial charge in [-0.05, 0) is 48.7 Å². The molecule has 0 fully saturated rings. The van der Waals surface area contributed by atoms with Gasteiger partial charge in [0.1, 0.15) is 6.42 Å². The van der Waals surface area contributed by atoms with Crippen molar-refractivity contribution in [3.05, 3.63) is 53.1 Å². The maximum Gasteiger partial charge on any atom is 0.233 e. The van der Waals surface area contributed by atoms with Gasteiger partial charge < -0.3 is 19.7 Å². The van der Waals surface area contributed by atoms with Crippen LogP contribution in [0.4, 0.5) is 5.69 Å². The van der Waals surface area contributed by atoms with Crippen molar-refractivity contribution in [3.8, 4) is 11.5 Å². The minimum atomic E-state index is -0.409. The van der Waals surface area contributed by atoms with Gasteiger partial charge in [-0.15, -0.1) is 0 Å². The van der Waals surface area contributed by atoms with Crippen LogP contribution in [0, 0.1) is 0 Å². The first-order valence-corrected chi connectivity index (χ1v) is 9.33. The molecule has 0 saturated carbocycles. The minimum absolute atomic E-state index is 0.0868. The summed E-state index contributed by atoms with van der Waals surface area (Å²) in [5.74, 6) is 0.539. The lowest BCUT2D eigenvalue weighted by Gasteiger charge is -2.29. The normalized spacial score (nSPS) is 12.7. The number of nitrogens with one attached hydrogen (secondary N) is 1. The zero-order valence-electron chi connectivity index (χ0n) is 16.8. The summed E-state index contributed by atoms with van der Waals surface area (Å²) in [6.45, 7) is 2.42. The average molecular weight is 396 g/mol. The Bertz CT molecular complexity index is 954. The van der Waals surface area contributed by atoms with E-state index in [-0.39, 0.29) is 18.1 Å². The smallest absolute Gasteiger partial charge is 0.233 e. The number of methoxy groups -OCH3 is 2. The highest BCUT2D eigenvalue weighted by Gasteiger charge is 2.24. The lowest BCUT2D eigenvalue weighted by Crippen LogP contribution is -2.37. The summed E-state index contributed by atoms with van der Waals surface area (Å²) in [5, 5.41) is 2.68. The van der Waals surface area contributed by atoms with E-state index in [0.717, 1.165) is 11.1 Å². The lowest BCUT2D eigenvalue weighted by atomic mass is 9.98. The molecule has 0 aliphatic carbocycles. The molecule has 152 valence electrons. The Labute approximate surface area is 169 Å². The van der Waals surface area contributed by atoms with Crippen LogP contribution in [0.25, 0.3) is 0 Å². The molecule has 1 aliphatic rings. The summed E-state index contributed by atoms with van der Waals surface area (Å²) in [4.78, 5) is 38.0. The number of anilines is 1. The van der Waals surface area contributed by atoms with Gasteiger partial charge in [0.25, 0.3) is 0 Å². The number of nitrogens with zero attached hydrogens (tertiary/aromatic N) is 1. The number of amides is 2. The maximum atomic E-state index is 12.6. The second kappa shape index (κ2) is 8.77. The van der Waals surface area contributed by atoms with Gasteiger partial charge in [-0.25, -0.2) is 0 Å². The predicted octanol–water partition coefficient (Wildman–Crippen LogP) is 2.82. The van der Waals surface area contributed by atoms with E-state index < -0.39 is 5.91 Å². The van der Waals surface area contributed by atoms with Crippen molar-refractivity contribution in [2.24, 2.45) is 0 Å². The van der Waals surface area contributed by atoms with Crippen molar-refractivity contribution < 1.29 is 23.9 Å². The van der Waals surface area contributed by atoms with Crippen LogP contribution in [-0.4, -0.2) is 43.3 Å². The minimum Gasteiger partial charge on any atom is -0.493 e. The second-order valence-electron chi connectivity index (χ2n) is 6.90. The average Bonchev–Trinajstić information content (AvgIpc) is 2.72. The van der Waals surface area contributed by atoms with Crippen LogP contribution in [0.5, 0.6) is 11.5 Å². The van der Waals surface area contributed by atoms with Crippen LogP contribution in [-0.2, 0) is 22.6 Å². The fraction of sp³-hybridized carbons (Fsp3) is 0.318. The number of rotatable bonds is 6.